The second-order valence-corrected chi connectivity index (χ2v) is 15.0. The van der Waals surface area contributed by atoms with Gasteiger partial charge in [-0.05, 0) is 50.3 Å². The quantitative estimate of drug-likeness (QED) is 0.665. The number of hydrogen-bond acceptors (Lipinski definition) is 1. The second kappa shape index (κ2) is 4.39. The van der Waals surface area contributed by atoms with Gasteiger partial charge in [-0.3, -0.25) is 0 Å². The molecule has 0 fully saturated rings. The SMILES string of the molecule is CC(C1=CCC=C1)[Si](C)(C)O[Si](C)(C)C. The highest BCUT2D eigenvalue weighted by molar-refractivity contribution is 6.85. The van der Waals surface area contributed by atoms with Crippen LogP contribution in [0.1, 0.15) is 13.3 Å². The van der Waals surface area contributed by atoms with Gasteiger partial charge in [0.1, 0.15) is 0 Å². The highest BCUT2D eigenvalue weighted by Crippen LogP contribution is 2.34. The fraction of sp³-hybridized carbons (Fsp3) is 0.667. The summed E-state index contributed by atoms with van der Waals surface area (Å²) in [7, 11) is -2.96. The highest BCUT2D eigenvalue weighted by atomic mass is 28.4. The molecule has 0 saturated heterocycles. The Morgan fingerprint density at radius 1 is 1.20 bits per heavy atom. The van der Waals surface area contributed by atoms with Gasteiger partial charge in [0.25, 0.3) is 0 Å². The highest BCUT2D eigenvalue weighted by Gasteiger charge is 2.36. The van der Waals surface area contributed by atoms with E-state index in [0.29, 0.717) is 5.54 Å². The summed E-state index contributed by atoms with van der Waals surface area (Å²) in [5, 5.41) is 0. The first-order valence-electron chi connectivity index (χ1n) is 5.79. The van der Waals surface area contributed by atoms with Crippen LogP contribution < -0.4 is 0 Å². The fourth-order valence-electron chi connectivity index (χ4n) is 2.08. The molecule has 0 radical (unpaired) electrons. The molecule has 15 heavy (non-hydrogen) atoms. The molecule has 1 atom stereocenters. The largest absolute Gasteiger partial charge is 0.455 e. The molecule has 0 spiro atoms. The van der Waals surface area contributed by atoms with Gasteiger partial charge in [0.2, 0.25) is 0 Å². The Kier molecular flexibility index (Phi) is 3.79. The van der Waals surface area contributed by atoms with E-state index in [1.807, 2.05) is 0 Å². The lowest BCUT2D eigenvalue weighted by Crippen LogP contribution is -2.45. The molecule has 0 heterocycles. The van der Waals surface area contributed by atoms with Crippen molar-refractivity contribution in [3.8, 4) is 0 Å². The molecule has 3 heteroatoms. The van der Waals surface area contributed by atoms with Gasteiger partial charge in [-0.15, -0.1) is 0 Å². The molecular formula is C12H24OSi2. The molecule has 0 N–H and O–H groups in total. The Morgan fingerprint density at radius 2 is 1.80 bits per heavy atom. The Bertz CT molecular complexity index is 284. The second-order valence-electron chi connectivity index (χ2n) is 5.88. The van der Waals surface area contributed by atoms with Gasteiger partial charge in [-0.2, -0.15) is 0 Å². The van der Waals surface area contributed by atoms with Crippen LogP contribution in [-0.4, -0.2) is 16.6 Å². The van der Waals surface area contributed by atoms with Crippen LogP contribution in [0.3, 0.4) is 0 Å². The summed E-state index contributed by atoms with van der Waals surface area (Å²) < 4.78 is 6.40. The Balaban J connectivity index is 2.72. The van der Waals surface area contributed by atoms with E-state index in [2.05, 4.69) is 57.9 Å². The van der Waals surface area contributed by atoms with Crippen LogP contribution in [0.5, 0.6) is 0 Å². The average Bonchev–Trinajstić information content (AvgIpc) is 2.49. The van der Waals surface area contributed by atoms with Gasteiger partial charge in [0, 0.05) is 0 Å². The third kappa shape index (κ3) is 3.74. The predicted octanol–water partition coefficient (Wildman–Crippen LogP) is 4.32. The zero-order valence-electron chi connectivity index (χ0n) is 10.9. The van der Waals surface area contributed by atoms with Crippen LogP contribution in [-0.2, 0) is 4.12 Å². The van der Waals surface area contributed by atoms with E-state index in [0.717, 1.165) is 6.42 Å². The van der Waals surface area contributed by atoms with Crippen LogP contribution in [0.4, 0.5) is 0 Å². The minimum absolute atomic E-state index is 0.614. The molecule has 0 amide bonds. The molecule has 1 unspecified atom stereocenters. The van der Waals surface area contributed by atoms with E-state index in [1.54, 1.807) is 0 Å². The molecule has 1 aliphatic rings. The maximum absolute atomic E-state index is 6.40. The maximum Gasteiger partial charge on any atom is 0.180 e. The van der Waals surface area contributed by atoms with E-state index in [-0.39, 0.29) is 0 Å². The summed E-state index contributed by atoms with van der Waals surface area (Å²) >= 11 is 0. The monoisotopic (exact) mass is 240 g/mol. The summed E-state index contributed by atoms with van der Waals surface area (Å²) in [6.45, 7) is 13.9. The smallest absolute Gasteiger partial charge is 0.180 e. The summed E-state index contributed by atoms with van der Waals surface area (Å²) in [6.07, 6.45) is 7.96. The van der Waals surface area contributed by atoms with E-state index < -0.39 is 16.6 Å². The molecule has 1 nitrogen and oxygen atoms in total. The van der Waals surface area contributed by atoms with Crippen molar-refractivity contribution in [2.45, 2.75) is 51.6 Å². The number of rotatable bonds is 4. The van der Waals surface area contributed by atoms with E-state index in [9.17, 15) is 0 Å². The van der Waals surface area contributed by atoms with Crippen LogP contribution >= 0.6 is 0 Å². The minimum atomic E-state index is -1.56. The molecule has 0 aromatic carbocycles. The van der Waals surface area contributed by atoms with Crippen LogP contribution in [0.15, 0.2) is 23.8 Å². The van der Waals surface area contributed by atoms with Crippen molar-refractivity contribution < 1.29 is 4.12 Å². The summed E-state index contributed by atoms with van der Waals surface area (Å²) in [5.74, 6) is 0. The third-order valence-corrected chi connectivity index (χ3v) is 9.88. The van der Waals surface area contributed by atoms with Crippen molar-refractivity contribution in [2.24, 2.45) is 0 Å². The normalized spacial score (nSPS) is 19.2. The first kappa shape index (κ1) is 12.9. The van der Waals surface area contributed by atoms with Gasteiger partial charge in [-0.1, -0.05) is 25.2 Å². The predicted molar refractivity (Wildman–Crippen MR) is 73.2 cm³/mol. The average molecular weight is 240 g/mol. The molecule has 0 aromatic heterocycles. The minimum Gasteiger partial charge on any atom is -0.455 e. The zero-order chi connectivity index (χ0) is 11.7. The molecule has 0 aromatic rings. The van der Waals surface area contributed by atoms with Crippen LogP contribution in [0, 0.1) is 0 Å². The summed E-state index contributed by atoms with van der Waals surface area (Å²) in [4.78, 5) is 0. The van der Waals surface area contributed by atoms with E-state index in [4.69, 9.17) is 4.12 Å². The molecule has 86 valence electrons. The van der Waals surface area contributed by atoms with Crippen molar-refractivity contribution in [3.05, 3.63) is 23.8 Å². The summed E-state index contributed by atoms with van der Waals surface area (Å²) in [5.41, 5.74) is 2.10. The number of hydrogen-bond donors (Lipinski definition) is 0. The molecule has 0 aliphatic heterocycles. The maximum atomic E-state index is 6.40. The van der Waals surface area contributed by atoms with E-state index >= 15 is 0 Å². The van der Waals surface area contributed by atoms with Crippen molar-refractivity contribution in [1.82, 2.24) is 0 Å². The first-order chi connectivity index (χ1) is 6.72. The molecule has 0 bridgehead atoms. The van der Waals surface area contributed by atoms with Crippen molar-refractivity contribution >= 4 is 16.6 Å². The van der Waals surface area contributed by atoms with Crippen LogP contribution in [0.25, 0.3) is 0 Å². The van der Waals surface area contributed by atoms with Gasteiger partial charge in [-0.25, -0.2) is 0 Å². The Labute approximate surface area is 96.5 Å². The lowest BCUT2D eigenvalue weighted by Gasteiger charge is -2.36. The van der Waals surface area contributed by atoms with Crippen molar-refractivity contribution in [1.29, 1.82) is 0 Å². The molecular weight excluding hydrogens is 216 g/mol. The van der Waals surface area contributed by atoms with Gasteiger partial charge < -0.3 is 4.12 Å². The lowest BCUT2D eigenvalue weighted by atomic mass is 10.2. The van der Waals surface area contributed by atoms with E-state index in [1.165, 1.54) is 5.57 Å². The van der Waals surface area contributed by atoms with Crippen molar-refractivity contribution in [3.63, 3.8) is 0 Å². The topological polar surface area (TPSA) is 9.23 Å². The standard InChI is InChI=1S/C12H24OSi2/c1-11(12-9-7-8-10-12)15(5,6)13-14(2,3)4/h7,9-11H,8H2,1-6H3. The van der Waals surface area contributed by atoms with Crippen LogP contribution in [0.2, 0.25) is 38.3 Å². The zero-order valence-corrected chi connectivity index (χ0v) is 12.9. The van der Waals surface area contributed by atoms with Gasteiger partial charge in [0.05, 0.1) is 0 Å². The number of allylic oxidation sites excluding steroid dienone is 4. The first-order valence-corrected chi connectivity index (χ1v) is 12.2. The Morgan fingerprint density at radius 3 is 2.20 bits per heavy atom. The molecule has 0 saturated carbocycles. The molecule has 1 aliphatic carbocycles. The van der Waals surface area contributed by atoms with Gasteiger partial charge in [0.15, 0.2) is 16.6 Å². The fourth-order valence-corrected chi connectivity index (χ4v) is 10.1. The summed E-state index contributed by atoms with van der Waals surface area (Å²) in [6, 6.07) is 0. The van der Waals surface area contributed by atoms with Gasteiger partial charge >= 0.3 is 0 Å². The Hall–Kier alpha value is -0.126. The lowest BCUT2D eigenvalue weighted by molar-refractivity contribution is 0.538. The third-order valence-electron chi connectivity index (χ3n) is 2.91. The molecule has 1 rings (SSSR count). The van der Waals surface area contributed by atoms with Crippen molar-refractivity contribution in [2.75, 3.05) is 0 Å².